The number of nitriles is 1. The van der Waals surface area contributed by atoms with E-state index in [4.69, 9.17) is 9.68 Å². The molecular formula is C14H9N3O3S2. The summed E-state index contributed by atoms with van der Waals surface area (Å²) in [6.45, 7) is 0. The van der Waals surface area contributed by atoms with E-state index in [1.54, 1.807) is 29.6 Å². The van der Waals surface area contributed by atoms with Crippen molar-refractivity contribution in [2.45, 2.75) is 4.90 Å². The third kappa shape index (κ3) is 2.72. The molecule has 0 aliphatic heterocycles. The van der Waals surface area contributed by atoms with E-state index in [0.29, 0.717) is 11.5 Å². The average molecular weight is 331 g/mol. The van der Waals surface area contributed by atoms with E-state index >= 15 is 0 Å². The summed E-state index contributed by atoms with van der Waals surface area (Å²) >= 11 is 1.14. The molecule has 0 spiro atoms. The number of hydrogen-bond donors (Lipinski definition) is 1. The largest absolute Gasteiger partial charge is 0.463 e. The van der Waals surface area contributed by atoms with Crippen molar-refractivity contribution in [3.8, 4) is 17.5 Å². The minimum atomic E-state index is -3.87. The van der Waals surface area contributed by atoms with Gasteiger partial charge in [-0.2, -0.15) is 5.26 Å². The first kappa shape index (κ1) is 14.3. The zero-order valence-electron chi connectivity index (χ0n) is 11.1. The molecular weight excluding hydrogens is 322 g/mol. The fourth-order valence-corrected chi connectivity index (χ4v) is 3.93. The summed E-state index contributed by atoms with van der Waals surface area (Å²) in [4.78, 5) is 4.09. The number of hydrogen-bond acceptors (Lipinski definition) is 6. The van der Waals surface area contributed by atoms with Crippen molar-refractivity contribution < 1.29 is 12.8 Å². The van der Waals surface area contributed by atoms with Crippen molar-refractivity contribution in [1.82, 2.24) is 4.98 Å². The summed E-state index contributed by atoms with van der Waals surface area (Å²) in [5, 5.41) is 10.9. The Morgan fingerprint density at radius 3 is 2.77 bits per heavy atom. The number of nitrogens with one attached hydrogen (secondary N) is 1. The van der Waals surface area contributed by atoms with Crippen LogP contribution in [-0.4, -0.2) is 13.4 Å². The third-order valence-corrected chi connectivity index (χ3v) is 5.08. The van der Waals surface area contributed by atoms with Crippen molar-refractivity contribution in [3.63, 3.8) is 0 Å². The first-order valence-corrected chi connectivity index (χ1v) is 8.48. The van der Waals surface area contributed by atoms with E-state index in [2.05, 4.69) is 9.71 Å². The van der Waals surface area contributed by atoms with E-state index in [0.717, 1.165) is 11.3 Å². The molecule has 0 radical (unpaired) electrons. The Bertz CT molecular complexity index is 938. The summed E-state index contributed by atoms with van der Waals surface area (Å²) in [7, 11) is -3.87. The van der Waals surface area contributed by atoms with Crippen LogP contribution in [0.2, 0.25) is 0 Å². The van der Waals surface area contributed by atoms with E-state index in [-0.39, 0.29) is 15.6 Å². The predicted octanol–water partition coefficient (Wildman–Crippen LogP) is 3.08. The molecule has 0 amide bonds. The number of benzene rings is 1. The molecule has 0 unspecified atom stereocenters. The van der Waals surface area contributed by atoms with E-state index in [9.17, 15) is 8.42 Å². The van der Waals surface area contributed by atoms with E-state index < -0.39 is 10.0 Å². The molecule has 0 aliphatic rings. The van der Waals surface area contributed by atoms with Gasteiger partial charge in [-0.1, -0.05) is 12.1 Å². The standard InChI is InChI=1S/C14H9N3O3S2/c15-8-10-4-1-2-6-13(10)22(18,19)17-14-16-11(9-21-14)12-5-3-7-20-12/h1-7,9H,(H,16,17). The van der Waals surface area contributed by atoms with Crippen LogP contribution in [0, 0.1) is 11.3 Å². The van der Waals surface area contributed by atoms with Crippen LogP contribution in [-0.2, 0) is 10.0 Å². The van der Waals surface area contributed by atoms with Crippen LogP contribution in [0.4, 0.5) is 5.13 Å². The lowest BCUT2D eigenvalue weighted by Crippen LogP contribution is -2.14. The van der Waals surface area contributed by atoms with Gasteiger partial charge in [0, 0.05) is 5.38 Å². The highest BCUT2D eigenvalue weighted by molar-refractivity contribution is 7.93. The summed E-state index contributed by atoms with van der Waals surface area (Å²) in [5.41, 5.74) is 0.624. The molecule has 22 heavy (non-hydrogen) atoms. The smallest absolute Gasteiger partial charge is 0.264 e. The van der Waals surface area contributed by atoms with Gasteiger partial charge in [-0.05, 0) is 24.3 Å². The molecule has 2 aromatic heterocycles. The molecule has 0 saturated heterocycles. The minimum Gasteiger partial charge on any atom is -0.463 e. The highest BCUT2D eigenvalue weighted by Gasteiger charge is 2.20. The Balaban J connectivity index is 1.91. The summed E-state index contributed by atoms with van der Waals surface area (Å²) in [5.74, 6) is 0.555. The first-order chi connectivity index (χ1) is 10.6. The lowest BCUT2D eigenvalue weighted by atomic mass is 10.2. The maximum absolute atomic E-state index is 12.4. The molecule has 8 heteroatoms. The van der Waals surface area contributed by atoms with Gasteiger partial charge in [0.2, 0.25) is 0 Å². The van der Waals surface area contributed by atoms with Crippen LogP contribution in [0.5, 0.6) is 0 Å². The topological polar surface area (TPSA) is 96.0 Å². The number of thiazole rings is 1. The number of rotatable bonds is 4. The molecule has 6 nitrogen and oxygen atoms in total. The zero-order valence-corrected chi connectivity index (χ0v) is 12.7. The number of sulfonamides is 1. The molecule has 0 saturated carbocycles. The molecule has 0 aliphatic carbocycles. The lowest BCUT2D eigenvalue weighted by molar-refractivity contribution is 0.580. The fraction of sp³-hybridized carbons (Fsp3) is 0. The summed E-state index contributed by atoms with van der Waals surface area (Å²) in [6.07, 6.45) is 1.52. The van der Waals surface area contributed by atoms with Crippen molar-refractivity contribution in [3.05, 3.63) is 53.6 Å². The molecule has 0 atom stereocenters. The van der Waals surface area contributed by atoms with Gasteiger partial charge < -0.3 is 4.42 Å². The molecule has 1 aromatic carbocycles. The second-order valence-electron chi connectivity index (χ2n) is 4.23. The molecule has 2 heterocycles. The molecule has 3 aromatic rings. The lowest BCUT2D eigenvalue weighted by Gasteiger charge is -2.06. The molecule has 1 N–H and O–H groups in total. The first-order valence-electron chi connectivity index (χ1n) is 6.11. The maximum Gasteiger partial charge on any atom is 0.264 e. The highest BCUT2D eigenvalue weighted by Crippen LogP contribution is 2.27. The molecule has 3 rings (SSSR count). The fourth-order valence-electron chi connectivity index (χ4n) is 1.82. The predicted molar refractivity (Wildman–Crippen MR) is 81.8 cm³/mol. The van der Waals surface area contributed by atoms with Gasteiger partial charge in [0.15, 0.2) is 10.9 Å². The Morgan fingerprint density at radius 1 is 1.23 bits per heavy atom. The Hall–Kier alpha value is -2.63. The number of aromatic nitrogens is 1. The quantitative estimate of drug-likeness (QED) is 0.792. The van der Waals surface area contributed by atoms with Crippen LogP contribution in [0.3, 0.4) is 0 Å². The zero-order chi connectivity index (χ0) is 15.6. The van der Waals surface area contributed by atoms with Crippen LogP contribution in [0.1, 0.15) is 5.56 Å². The van der Waals surface area contributed by atoms with Gasteiger partial charge >= 0.3 is 0 Å². The SMILES string of the molecule is N#Cc1ccccc1S(=O)(=O)Nc1nc(-c2ccco2)cs1. The van der Waals surface area contributed by atoms with Crippen molar-refractivity contribution >= 4 is 26.5 Å². The van der Waals surface area contributed by atoms with E-state index in [1.807, 2.05) is 6.07 Å². The van der Waals surface area contributed by atoms with Crippen LogP contribution < -0.4 is 4.72 Å². The van der Waals surface area contributed by atoms with Crippen molar-refractivity contribution in [2.75, 3.05) is 4.72 Å². The van der Waals surface area contributed by atoms with Crippen LogP contribution in [0.15, 0.2) is 57.4 Å². The van der Waals surface area contributed by atoms with Gasteiger partial charge in [0.25, 0.3) is 10.0 Å². The highest BCUT2D eigenvalue weighted by atomic mass is 32.2. The van der Waals surface area contributed by atoms with Gasteiger partial charge in [0.1, 0.15) is 16.7 Å². The molecule has 0 fully saturated rings. The number of anilines is 1. The van der Waals surface area contributed by atoms with Gasteiger partial charge in [-0.15, -0.1) is 11.3 Å². The summed E-state index contributed by atoms with van der Waals surface area (Å²) in [6, 6.07) is 11.3. The third-order valence-electron chi connectivity index (χ3n) is 2.80. The average Bonchev–Trinajstić information content (AvgIpc) is 3.17. The second-order valence-corrected chi connectivity index (χ2v) is 6.74. The van der Waals surface area contributed by atoms with Gasteiger partial charge in [-0.25, -0.2) is 13.4 Å². The van der Waals surface area contributed by atoms with Gasteiger partial charge in [0.05, 0.1) is 11.8 Å². The summed E-state index contributed by atoms with van der Waals surface area (Å²) < 4.78 is 32.3. The Kier molecular flexibility index (Phi) is 3.66. The van der Waals surface area contributed by atoms with Crippen molar-refractivity contribution in [1.29, 1.82) is 5.26 Å². The normalized spacial score (nSPS) is 11.0. The Labute approximate surface area is 130 Å². The monoisotopic (exact) mass is 331 g/mol. The molecule has 0 bridgehead atoms. The van der Waals surface area contributed by atoms with Gasteiger partial charge in [-0.3, -0.25) is 4.72 Å². The second kappa shape index (κ2) is 5.63. The Morgan fingerprint density at radius 2 is 2.05 bits per heavy atom. The van der Waals surface area contributed by atoms with Crippen LogP contribution >= 0.6 is 11.3 Å². The number of furan rings is 1. The maximum atomic E-state index is 12.4. The number of nitrogens with zero attached hydrogens (tertiary/aromatic N) is 2. The van der Waals surface area contributed by atoms with Crippen LogP contribution in [0.25, 0.3) is 11.5 Å². The van der Waals surface area contributed by atoms with Crippen molar-refractivity contribution in [2.24, 2.45) is 0 Å². The van der Waals surface area contributed by atoms with E-state index in [1.165, 1.54) is 18.4 Å². The molecule has 110 valence electrons. The minimum absolute atomic E-state index is 0.0766.